The molecule has 0 saturated carbocycles. The first-order valence-corrected chi connectivity index (χ1v) is 17.0. The monoisotopic (exact) mass is 690 g/mol. The second-order valence-electron chi connectivity index (χ2n) is 9.75. The highest BCUT2D eigenvalue weighted by atomic mass is 32.2. The molecule has 2 aromatic heterocycles. The minimum Gasteiger partial charge on any atom is -0.383 e. The van der Waals surface area contributed by atoms with Crippen LogP contribution in [-0.4, -0.2) is 82.4 Å². The standard InChI is InChI=1S/C19H26N5O17P3/c1-8-5-24(19(27)22-16(8)25)13-4-9(10(37-13)6-35-42(28,29)30)39-43(31,32)36-7-11-14-15(41-44(33,34)40-14)17(38-11)23-3-2-12(20)21-18(23)26/h2-3,5,9-11,13-15,17H,4,6-7H2,1H3,(H,31,32)(H,33,34)(H2,20,21,26)(H,22,25,27)(H2,28,29,30)/t9-,10+,11+,13+,14+,15+,17+/m0/s1/i42+1. The van der Waals surface area contributed by atoms with E-state index in [1.54, 1.807) is 0 Å². The molecule has 2 aromatic rings. The average molecular weight is 690 g/mol. The highest BCUT2D eigenvalue weighted by Crippen LogP contribution is 2.59. The number of nitrogens with zero attached hydrogens (tertiary/aromatic N) is 3. The molecule has 0 spiro atoms. The number of rotatable bonds is 10. The molecule has 3 saturated heterocycles. The maximum Gasteiger partial charge on any atom is 0.473 e. The Kier molecular flexibility index (Phi) is 9.06. The van der Waals surface area contributed by atoms with Crippen LogP contribution in [0.15, 0.2) is 32.8 Å². The van der Waals surface area contributed by atoms with Crippen LogP contribution < -0.4 is 22.7 Å². The number of nitrogens with one attached hydrogen (secondary N) is 1. The van der Waals surface area contributed by atoms with Crippen molar-refractivity contribution < 1.29 is 65.4 Å². The molecule has 0 radical (unpaired) electrons. The Morgan fingerprint density at radius 1 is 1.09 bits per heavy atom. The topological polar surface area (TPSA) is 313 Å². The normalized spacial score (nSPS) is 33.3. The van der Waals surface area contributed by atoms with E-state index in [0.29, 0.717) is 0 Å². The van der Waals surface area contributed by atoms with Gasteiger partial charge < -0.3 is 34.8 Å². The fraction of sp³-hybridized carbons (Fsp3) is 0.579. The van der Waals surface area contributed by atoms with Crippen LogP contribution in [-0.2, 0) is 45.8 Å². The number of fused-ring (bicyclic) bond motifs is 1. The zero-order chi connectivity index (χ0) is 32.2. The van der Waals surface area contributed by atoms with Crippen LogP contribution >= 0.6 is 23.5 Å². The number of hydrogen-bond donors (Lipinski definition) is 6. The van der Waals surface area contributed by atoms with Gasteiger partial charge in [-0.3, -0.25) is 41.5 Å². The van der Waals surface area contributed by atoms with Gasteiger partial charge in [-0.2, -0.15) is 4.98 Å². The summed E-state index contributed by atoms with van der Waals surface area (Å²) in [6.07, 6.45) is -7.59. The van der Waals surface area contributed by atoms with Crippen molar-refractivity contribution in [3.05, 3.63) is 55.3 Å². The quantitative estimate of drug-likeness (QED) is 0.152. The number of aromatic amines is 1. The smallest absolute Gasteiger partial charge is 0.383 e. The molecule has 2 unspecified atom stereocenters. The average Bonchev–Trinajstić information content (AvgIpc) is 3.53. The Hall–Kier alpha value is -2.39. The van der Waals surface area contributed by atoms with Crippen molar-refractivity contribution in [2.45, 2.75) is 56.3 Å². The molecule has 7 N–H and O–H groups in total. The molecule has 5 heterocycles. The molecule has 5 rings (SSSR count). The first-order chi connectivity index (χ1) is 20.4. The molecule has 3 aliphatic heterocycles. The van der Waals surface area contributed by atoms with Gasteiger partial charge in [0.15, 0.2) is 6.23 Å². The summed E-state index contributed by atoms with van der Waals surface area (Å²) in [5, 5.41) is 0. The third-order valence-electron chi connectivity index (χ3n) is 6.64. The van der Waals surface area contributed by atoms with E-state index in [0.717, 1.165) is 15.3 Å². The van der Waals surface area contributed by atoms with Crippen LogP contribution in [0.25, 0.3) is 0 Å². The summed E-state index contributed by atoms with van der Waals surface area (Å²) < 4.78 is 74.3. The van der Waals surface area contributed by atoms with Gasteiger partial charge in [0, 0.05) is 24.4 Å². The Morgan fingerprint density at radius 3 is 2.45 bits per heavy atom. The summed E-state index contributed by atoms with van der Waals surface area (Å²) in [6, 6.07) is 1.25. The van der Waals surface area contributed by atoms with Gasteiger partial charge in [-0.05, 0) is 13.0 Å². The van der Waals surface area contributed by atoms with Gasteiger partial charge in [0.1, 0.15) is 42.6 Å². The molecule has 244 valence electrons. The van der Waals surface area contributed by atoms with Gasteiger partial charge in [-0.25, -0.2) is 23.3 Å². The van der Waals surface area contributed by atoms with E-state index in [1.165, 1.54) is 19.2 Å². The van der Waals surface area contributed by atoms with E-state index in [-0.39, 0.29) is 17.8 Å². The van der Waals surface area contributed by atoms with Crippen molar-refractivity contribution in [2.24, 2.45) is 0 Å². The zero-order valence-electron chi connectivity index (χ0n) is 22.3. The fourth-order valence-electron chi connectivity index (χ4n) is 4.73. The van der Waals surface area contributed by atoms with E-state index in [4.69, 9.17) is 43.1 Å². The predicted molar refractivity (Wildman–Crippen MR) is 140 cm³/mol. The lowest BCUT2D eigenvalue weighted by atomic mass is 10.1. The minimum absolute atomic E-state index is 0.112. The first kappa shape index (κ1) is 33.0. The van der Waals surface area contributed by atoms with Crippen molar-refractivity contribution in [2.75, 3.05) is 18.9 Å². The SMILES string of the molecule is Cc1cn([C@H]2C[C@H](OP(=O)(O)OC[C@H]3O[C@@H](n4ccc(N)nc4=O)[C@@H]4OP(=O)(O)O[C@@H]43)[C@@H](CO[32P](=O)(O)O)O2)c(=O)[nH]c1=O. The molecule has 0 bridgehead atoms. The van der Waals surface area contributed by atoms with Gasteiger partial charge in [-0.1, -0.05) is 0 Å². The second kappa shape index (κ2) is 12.1. The van der Waals surface area contributed by atoms with Crippen LogP contribution in [0, 0.1) is 6.92 Å². The molecule has 0 aliphatic carbocycles. The summed E-state index contributed by atoms with van der Waals surface area (Å²) in [5.74, 6) is -0.112. The second-order valence-corrected chi connectivity index (χ2v) is 13.8. The van der Waals surface area contributed by atoms with Crippen molar-refractivity contribution in [3.63, 3.8) is 0 Å². The summed E-state index contributed by atoms with van der Waals surface area (Å²) in [5.41, 5.74) is 3.14. The number of H-pyrrole nitrogens is 1. The third kappa shape index (κ3) is 7.35. The number of anilines is 1. The first-order valence-electron chi connectivity index (χ1n) is 12.4. The molecule has 0 aromatic carbocycles. The number of aromatic nitrogens is 4. The lowest BCUT2D eigenvalue weighted by Crippen LogP contribution is -2.34. The van der Waals surface area contributed by atoms with Gasteiger partial charge in [-0.15, -0.1) is 0 Å². The number of hydrogen-bond acceptors (Lipinski definition) is 15. The Bertz CT molecular complexity index is 1740. The van der Waals surface area contributed by atoms with E-state index in [9.17, 15) is 37.9 Å². The minimum atomic E-state index is -5.10. The van der Waals surface area contributed by atoms with Crippen molar-refractivity contribution in [1.82, 2.24) is 19.1 Å². The number of nitrogen functional groups attached to an aromatic ring is 1. The van der Waals surface area contributed by atoms with Crippen LogP contribution in [0.3, 0.4) is 0 Å². The highest BCUT2D eigenvalue weighted by molar-refractivity contribution is 7.48. The lowest BCUT2D eigenvalue weighted by Gasteiger charge is -2.23. The van der Waals surface area contributed by atoms with Gasteiger partial charge in [0.2, 0.25) is 0 Å². The summed E-state index contributed by atoms with van der Waals surface area (Å²) >= 11 is 0. The zero-order valence-corrected chi connectivity index (χ0v) is 24.9. The summed E-state index contributed by atoms with van der Waals surface area (Å²) in [7, 11) is -14.7. The predicted octanol–water partition coefficient (Wildman–Crippen LogP) is -1.64. The number of nitrogens with two attached hydrogens (primary N) is 1. The fourth-order valence-corrected chi connectivity index (χ4v) is 7.18. The maximum atomic E-state index is 13.0. The lowest BCUT2D eigenvalue weighted by molar-refractivity contribution is -0.0667. The van der Waals surface area contributed by atoms with Crippen LogP contribution in [0.2, 0.25) is 0 Å². The molecule has 0 amide bonds. The molecule has 3 fully saturated rings. The van der Waals surface area contributed by atoms with E-state index < -0.39 is 96.6 Å². The third-order valence-corrected chi connectivity index (χ3v) is 9.15. The van der Waals surface area contributed by atoms with E-state index in [1.807, 2.05) is 0 Å². The number of ether oxygens (including phenoxy) is 2. The number of phosphoric acid groups is 3. The molecule has 22 nitrogen and oxygen atoms in total. The maximum absolute atomic E-state index is 13.0. The van der Waals surface area contributed by atoms with Gasteiger partial charge in [0.25, 0.3) is 5.56 Å². The molecular formula is C19H26N5O17P3. The number of aryl methyl sites for hydroxylation is 1. The summed E-state index contributed by atoms with van der Waals surface area (Å²) in [6.45, 7) is -0.261. The van der Waals surface area contributed by atoms with Gasteiger partial charge >= 0.3 is 34.8 Å². The molecular weight excluding hydrogens is 664 g/mol. The van der Waals surface area contributed by atoms with Crippen LogP contribution in [0.5, 0.6) is 0 Å². The van der Waals surface area contributed by atoms with Crippen molar-refractivity contribution in [3.8, 4) is 0 Å². The van der Waals surface area contributed by atoms with E-state index >= 15 is 0 Å². The summed E-state index contributed by atoms with van der Waals surface area (Å²) in [4.78, 5) is 80.6. The molecule has 9 atom stereocenters. The number of phosphoric ester groups is 3. The Labute approximate surface area is 244 Å². The van der Waals surface area contributed by atoms with Gasteiger partial charge in [0.05, 0.1) is 13.2 Å². The Morgan fingerprint density at radius 2 is 1.77 bits per heavy atom. The van der Waals surface area contributed by atoms with Crippen molar-refractivity contribution in [1.29, 1.82) is 0 Å². The van der Waals surface area contributed by atoms with Crippen molar-refractivity contribution >= 4 is 29.3 Å². The van der Waals surface area contributed by atoms with E-state index in [2.05, 4.69) is 14.5 Å². The highest BCUT2D eigenvalue weighted by Gasteiger charge is 2.58. The van der Waals surface area contributed by atoms with Crippen LogP contribution in [0.4, 0.5) is 5.82 Å². The largest absolute Gasteiger partial charge is 0.473 e. The Balaban J connectivity index is 1.31. The molecule has 3 aliphatic rings. The molecule has 44 heavy (non-hydrogen) atoms. The van der Waals surface area contributed by atoms with Crippen LogP contribution in [0.1, 0.15) is 24.4 Å². The molecule has 25 heteroatoms.